The van der Waals surface area contributed by atoms with Crippen molar-refractivity contribution in [3.05, 3.63) is 270 Å². The van der Waals surface area contributed by atoms with Gasteiger partial charge in [0, 0.05) is 34.2 Å². The van der Waals surface area contributed by atoms with E-state index in [2.05, 4.69) is 83.0 Å². The van der Waals surface area contributed by atoms with Gasteiger partial charge in [0.1, 0.15) is 49.0 Å². The van der Waals surface area contributed by atoms with Gasteiger partial charge in [-0.1, -0.05) is 104 Å². The third-order valence-corrected chi connectivity index (χ3v) is 19.0. The van der Waals surface area contributed by atoms with Crippen LogP contribution in [0.15, 0.2) is 103 Å². The van der Waals surface area contributed by atoms with E-state index >= 15 is 0 Å². The van der Waals surface area contributed by atoms with Crippen molar-refractivity contribution in [2.24, 2.45) is 5.11 Å². The average molecular weight is 1990 g/mol. The number of aromatic carboxylic acids is 2. The van der Waals surface area contributed by atoms with Crippen molar-refractivity contribution in [3.8, 4) is 5.75 Å². The number of rotatable bonds is 28. The highest BCUT2D eigenvalue weighted by Crippen LogP contribution is 2.32. The number of carboxylic acid groups (broad SMARTS) is 2. The first kappa shape index (κ1) is 115. The first-order valence-corrected chi connectivity index (χ1v) is 42.3. The van der Waals surface area contributed by atoms with Crippen LogP contribution in [-0.2, 0) is 128 Å². The summed E-state index contributed by atoms with van der Waals surface area (Å²) in [4.78, 5) is 180. The van der Waals surface area contributed by atoms with E-state index in [-0.39, 0.29) is 111 Å². The predicted molar refractivity (Wildman–Crippen MR) is 495 cm³/mol. The van der Waals surface area contributed by atoms with Crippen LogP contribution >= 0.6 is 31.9 Å². The quantitative estimate of drug-likeness (QED) is 0.00407. The molecule has 0 spiro atoms. The molecule has 0 saturated heterocycles. The monoisotopic (exact) mass is 1980 g/mol. The largest absolute Gasteiger partial charge is 0.478 e. The maximum absolute atomic E-state index is 12.4. The summed E-state index contributed by atoms with van der Waals surface area (Å²) in [5.41, 5.74) is 21.4. The van der Waals surface area contributed by atoms with Crippen LogP contribution in [0.5, 0.6) is 5.75 Å². The van der Waals surface area contributed by atoms with E-state index in [0.717, 1.165) is 60.5 Å². The summed E-state index contributed by atoms with van der Waals surface area (Å²) in [7, 11) is 5.33. The van der Waals surface area contributed by atoms with Crippen LogP contribution in [0.1, 0.15) is 240 Å². The van der Waals surface area contributed by atoms with Crippen LogP contribution in [0, 0.1) is 68.5 Å². The molecule has 1 aliphatic rings. The Labute approximate surface area is 792 Å². The van der Waals surface area contributed by atoms with Crippen LogP contribution in [0.2, 0.25) is 0 Å². The maximum atomic E-state index is 12.4. The fourth-order valence-corrected chi connectivity index (χ4v) is 13.6. The topological polar surface area (TPSA) is 492 Å². The smallest absolute Gasteiger partial charge is 0.417 e. The molecule has 1 aliphatic heterocycles. The average Bonchev–Trinajstić information content (AvgIpc) is 1.63. The number of azide groups is 1. The SMILES string of the molecule is C=CCOC(=O)c1cc(C)c(C(=O)O)c(CNC(=O)OC(C)(C)C)c1.COC(=O)c1c(C)cc(COC=O)cc1CBr.COC(=O)c1c(C)cc(COC=O)cc1CN=[N+]=[N-].Cc1cc(COC=O)cc2c1C(=O)N(C(=O)OC(C)(C)C)C2.Cc1cc(OC=O)cc(CNC(=O)OC(C)(C)C)c1C(=O)O.[C-]#[N+]c1cc(C)c(C(=O)OC)c(C)c1.[C-]#[N+]c1cc(C)c(C(=O)OC)c(CBr)c1. The van der Waals surface area contributed by atoms with Crippen molar-refractivity contribution < 1.29 is 139 Å². The zero-order chi connectivity index (χ0) is 102. The van der Waals surface area contributed by atoms with Gasteiger partial charge in [0.15, 0.2) is 11.4 Å². The molecular formula is C95H108Br2N8O29. The van der Waals surface area contributed by atoms with E-state index < -0.39 is 59.0 Å². The Bertz CT molecular complexity index is 5610. The Hall–Kier alpha value is -14.8. The Morgan fingerprint density at radius 1 is 0.478 bits per heavy atom. The van der Waals surface area contributed by atoms with Crippen molar-refractivity contribution in [1.29, 1.82) is 0 Å². The van der Waals surface area contributed by atoms with Gasteiger partial charge in [-0.25, -0.2) is 62.5 Å². The van der Waals surface area contributed by atoms with Gasteiger partial charge in [0.25, 0.3) is 31.8 Å². The van der Waals surface area contributed by atoms with Gasteiger partial charge in [-0.2, -0.15) is 0 Å². The summed E-state index contributed by atoms with van der Waals surface area (Å²) in [6.07, 6.45) is -0.565. The predicted octanol–water partition coefficient (Wildman–Crippen LogP) is 18.4. The number of alkyl carbamates (subject to hydrolysis) is 2. The lowest BCUT2D eigenvalue weighted by molar-refractivity contribution is -0.130. The van der Waals surface area contributed by atoms with Crippen molar-refractivity contribution in [1.82, 2.24) is 15.5 Å². The fraction of sp³-hybridized carbons (Fsp3) is 0.358. The van der Waals surface area contributed by atoms with Gasteiger partial charge in [-0.05, 0) is 248 Å². The van der Waals surface area contributed by atoms with Gasteiger partial charge < -0.3 is 77.7 Å². The summed E-state index contributed by atoms with van der Waals surface area (Å²) in [5, 5.41) is 28.1. The molecule has 0 bridgehead atoms. The number of ether oxygens (including phenoxy) is 12. The second-order valence-electron chi connectivity index (χ2n) is 31.6. The van der Waals surface area contributed by atoms with Crippen molar-refractivity contribution in [2.45, 2.75) is 191 Å². The van der Waals surface area contributed by atoms with Gasteiger partial charge in [-0.3, -0.25) is 24.0 Å². The summed E-state index contributed by atoms with van der Waals surface area (Å²) in [6.45, 7) is 48.6. The number of esters is 5. The number of nitrogens with zero attached hydrogens (tertiary/aromatic N) is 6. The molecule has 1 heterocycles. The number of halogens is 2. The highest BCUT2D eigenvalue weighted by Gasteiger charge is 2.37. The van der Waals surface area contributed by atoms with Crippen molar-refractivity contribution >= 4 is 135 Å². The Morgan fingerprint density at radius 3 is 1.25 bits per heavy atom. The summed E-state index contributed by atoms with van der Waals surface area (Å²) in [6, 6.07) is 23.0. The number of imide groups is 1. The molecule has 7 aromatic rings. The van der Waals surface area contributed by atoms with Crippen LogP contribution in [-0.4, -0.2) is 159 Å². The molecule has 0 aromatic heterocycles. The number of nitrogens with one attached hydrogen (secondary N) is 2. The normalized spacial score (nSPS) is 10.6. The van der Waals surface area contributed by atoms with Crippen LogP contribution < -0.4 is 15.4 Å². The van der Waals surface area contributed by atoms with Gasteiger partial charge >= 0.3 is 60.1 Å². The number of amides is 4. The molecule has 37 nitrogen and oxygen atoms in total. The number of methoxy groups -OCH3 is 4. The Balaban J connectivity index is 0.000000533. The molecule has 0 atom stereocenters. The van der Waals surface area contributed by atoms with Crippen molar-refractivity contribution in [2.75, 3.05) is 35.0 Å². The van der Waals surface area contributed by atoms with Gasteiger partial charge in [0.05, 0.1) is 93.6 Å². The summed E-state index contributed by atoms with van der Waals surface area (Å²) in [5.74, 6) is -4.60. The first-order valence-electron chi connectivity index (χ1n) is 40.0. The number of hydrogen-bond donors (Lipinski definition) is 4. The zero-order valence-corrected chi connectivity index (χ0v) is 81.3. The third-order valence-electron chi connectivity index (χ3n) is 17.7. The van der Waals surface area contributed by atoms with E-state index in [1.807, 2.05) is 19.1 Å². The Morgan fingerprint density at radius 2 is 0.851 bits per heavy atom. The van der Waals surface area contributed by atoms with Crippen molar-refractivity contribution in [3.63, 3.8) is 0 Å². The second-order valence-corrected chi connectivity index (χ2v) is 32.7. The van der Waals surface area contributed by atoms with E-state index in [1.165, 1.54) is 58.8 Å². The number of fused-ring (bicyclic) bond motifs is 1. The molecule has 8 rings (SSSR count). The van der Waals surface area contributed by atoms with Gasteiger partial charge in [-0.15, -0.1) is 0 Å². The number of carbonyl (C=O) groups is 15. The standard InChI is InChI=1S/C18H23NO6.C16H19NO5.C15H19NO6.C12H13BrO4.C12H13N3O4.C11H10BrNO2.C11H11NO2/c1-6-7-24-16(22)12-8-11(2)14(15(20)21)13(9-12)10-19-17(23)25-18(3,4)5;1-10-5-11(8-21-9-18)6-12-7-17(14(19)13(10)12)15(20)22-16(2,3)4;1-9-5-11(21-8-17)6-10(12(9)13(18)19)7-16-14(20)22-15(2,3)4;1-8-3-9(6-17-7-14)4-10(5-13)11(8)12(15)16-2;1-8-3-9(6-19-7-16)4-10(5-14-15-13)11(8)12(17)18-2;1-7-4-9(13-2)5-8(6-12)10(7)11(14)15-3;1-7-5-9(12-3)6-8(2)10(7)11(13)14-4/h6,8-9H,1,7,10H2,2-5H3,(H,19,23)(H,20,21);5-6,9H,7-8H2,1-4H3;5-6,8H,7H2,1-4H3,(H,16,20)(H,18,19);3-4,7H,5-6H2,1-2H3;3-4,7H,5-6H2,1-2H3;4-5H,6H2,1,3H3;5-6H,1-2,4H3. The molecule has 0 aliphatic carbocycles. The lowest BCUT2D eigenvalue weighted by Gasteiger charge is -2.23. The van der Waals surface area contributed by atoms with E-state index in [9.17, 15) is 82.1 Å². The Kier molecular flexibility index (Phi) is 48.2. The maximum Gasteiger partial charge on any atom is 0.417 e. The molecule has 134 heavy (non-hydrogen) atoms. The number of benzene rings is 7. The third kappa shape index (κ3) is 37.6. The highest BCUT2D eigenvalue weighted by atomic mass is 79.9. The second kappa shape index (κ2) is 56.0. The fourth-order valence-electron chi connectivity index (χ4n) is 12.7. The van der Waals surface area contributed by atoms with E-state index in [0.29, 0.717) is 103 Å². The molecule has 4 N–H and O–H groups in total. The number of hydrogen-bond acceptors (Lipinski definition) is 28. The lowest BCUT2D eigenvalue weighted by atomic mass is 9.98. The van der Waals surface area contributed by atoms with Crippen LogP contribution in [0.3, 0.4) is 0 Å². The molecule has 716 valence electrons. The molecule has 39 heteroatoms. The number of alkyl halides is 2. The molecule has 0 unspecified atom stereocenters. The lowest BCUT2D eigenvalue weighted by Crippen LogP contribution is -2.37. The molecule has 0 radical (unpaired) electrons. The number of carbonyl (C=O) groups excluding carboxylic acids is 13. The summed E-state index contributed by atoms with van der Waals surface area (Å²) < 4.78 is 58.0. The van der Waals surface area contributed by atoms with Gasteiger partial charge in [0.2, 0.25) is 0 Å². The number of carboxylic acids is 2. The molecular weight excluding hydrogens is 1880 g/mol. The van der Waals surface area contributed by atoms with Crippen LogP contribution in [0.4, 0.5) is 25.8 Å². The zero-order valence-electron chi connectivity index (χ0n) is 78.1. The number of aryl methyl sites for hydroxylation is 8. The molecule has 0 fully saturated rings. The molecule has 7 aromatic carbocycles. The summed E-state index contributed by atoms with van der Waals surface area (Å²) >= 11 is 6.62. The minimum Gasteiger partial charge on any atom is -0.478 e. The van der Waals surface area contributed by atoms with E-state index in [1.54, 1.807) is 159 Å². The highest BCUT2D eigenvalue weighted by molar-refractivity contribution is 9.08. The van der Waals surface area contributed by atoms with Crippen LogP contribution in [0.25, 0.3) is 20.1 Å². The van der Waals surface area contributed by atoms with E-state index in [4.69, 9.17) is 61.3 Å². The molecule has 4 amide bonds. The minimum atomic E-state index is -1.15. The first-order chi connectivity index (χ1) is 62.9. The molecule has 0 saturated carbocycles. The minimum absolute atomic E-state index is 0.0244.